The van der Waals surface area contributed by atoms with Crippen molar-refractivity contribution in [3.8, 4) is 0 Å². The van der Waals surface area contributed by atoms with Crippen molar-refractivity contribution in [1.82, 2.24) is 5.32 Å². The van der Waals surface area contributed by atoms with Gasteiger partial charge in [0.25, 0.3) is 0 Å². The zero-order chi connectivity index (χ0) is 7.56. The van der Waals surface area contributed by atoms with E-state index in [1.807, 2.05) is 13.8 Å². The fourth-order valence-electron chi connectivity index (χ4n) is 1.25. The summed E-state index contributed by atoms with van der Waals surface area (Å²) < 4.78 is 0. The summed E-state index contributed by atoms with van der Waals surface area (Å²) in [6.45, 7) is 6.04. The van der Waals surface area contributed by atoms with Gasteiger partial charge in [-0.3, -0.25) is 4.79 Å². The van der Waals surface area contributed by atoms with E-state index >= 15 is 0 Å². The van der Waals surface area contributed by atoms with Crippen LogP contribution >= 0.6 is 0 Å². The van der Waals surface area contributed by atoms with Gasteiger partial charge in [-0.2, -0.15) is 0 Å². The second kappa shape index (κ2) is 3.15. The largest absolute Gasteiger partial charge is 0.316 e. The van der Waals surface area contributed by atoms with Gasteiger partial charge in [-0.1, -0.05) is 13.8 Å². The number of carbonyl (C=O) groups is 1. The predicted octanol–water partition coefficient (Wildman–Crippen LogP) is 0.821. The molecule has 0 aromatic rings. The van der Waals surface area contributed by atoms with E-state index in [1.54, 1.807) is 0 Å². The Labute approximate surface area is 62.0 Å². The summed E-state index contributed by atoms with van der Waals surface area (Å²) in [6.07, 6.45) is 0.692. The number of nitrogens with one attached hydrogen (secondary N) is 1. The zero-order valence-corrected chi connectivity index (χ0v) is 6.68. The van der Waals surface area contributed by atoms with Crippen LogP contribution < -0.4 is 5.32 Å². The molecule has 1 heterocycles. The van der Waals surface area contributed by atoms with E-state index in [0.717, 1.165) is 13.1 Å². The quantitative estimate of drug-likeness (QED) is 0.630. The number of rotatable bonds is 3. The van der Waals surface area contributed by atoms with E-state index in [2.05, 4.69) is 5.32 Å². The second-order valence-electron chi connectivity index (χ2n) is 3.03. The van der Waals surface area contributed by atoms with Crippen LogP contribution in [0.5, 0.6) is 0 Å². The van der Waals surface area contributed by atoms with Gasteiger partial charge in [0.2, 0.25) is 0 Å². The van der Waals surface area contributed by atoms with Crippen molar-refractivity contribution in [2.75, 3.05) is 13.1 Å². The fraction of sp³-hybridized carbons (Fsp3) is 0.875. The zero-order valence-electron chi connectivity index (χ0n) is 6.68. The monoisotopic (exact) mass is 141 g/mol. The third-order valence-electron chi connectivity index (χ3n) is 2.38. The molecular weight excluding hydrogens is 126 g/mol. The molecule has 0 radical (unpaired) electrons. The molecule has 1 atom stereocenters. The minimum absolute atomic E-state index is 0.284. The molecule has 0 aliphatic carbocycles. The Balaban J connectivity index is 2.31. The average Bonchev–Trinajstić information content (AvgIpc) is 1.82. The van der Waals surface area contributed by atoms with Crippen molar-refractivity contribution in [2.45, 2.75) is 20.3 Å². The molecule has 1 aliphatic rings. The summed E-state index contributed by atoms with van der Waals surface area (Å²) in [4.78, 5) is 11.1. The van der Waals surface area contributed by atoms with Crippen molar-refractivity contribution in [1.29, 1.82) is 0 Å². The van der Waals surface area contributed by atoms with E-state index in [4.69, 9.17) is 0 Å². The Bertz CT molecular complexity index is 129. The lowest BCUT2D eigenvalue weighted by molar-refractivity contribution is -0.124. The molecule has 58 valence electrons. The number of hydrogen-bond acceptors (Lipinski definition) is 2. The lowest BCUT2D eigenvalue weighted by Crippen LogP contribution is -2.47. The molecule has 1 N–H and O–H groups in total. The van der Waals surface area contributed by atoms with E-state index in [0.29, 0.717) is 18.1 Å². The summed E-state index contributed by atoms with van der Waals surface area (Å²) in [5, 5.41) is 3.17. The highest BCUT2D eigenvalue weighted by Crippen LogP contribution is 2.17. The van der Waals surface area contributed by atoms with Crippen molar-refractivity contribution >= 4 is 5.78 Å². The minimum atomic E-state index is 0.284. The second-order valence-corrected chi connectivity index (χ2v) is 3.03. The van der Waals surface area contributed by atoms with Gasteiger partial charge >= 0.3 is 0 Å². The number of ketones is 1. The molecular formula is C8H15NO. The number of Topliss-reactive ketones (excluding diaryl/α,β-unsaturated/α-hetero) is 1. The van der Waals surface area contributed by atoms with E-state index in [9.17, 15) is 4.79 Å². The van der Waals surface area contributed by atoms with Crippen LogP contribution in [-0.2, 0) is 4.79 Å². The van der Waals surface area contributed by atoms with Gasteiger partial charge in [0.05, 0.1) is 0 Å². The van der Waals surface area contributed by atoms with Gasteiger partial charge in [0.15, 0.2) is 0 Å². The SMILES string of the molecule is CCC(=O)C(C)C1CNC1. The minimum Gasteiger partial charge on any atom is -0.316 e. The smallest absolute Gasteiger partial charge is 0.135 e. The van der Waals surface area contributed by atoms with Crippen molar-refractivity contribution in [3.05, 3.63) is 0 Å². The van der Waals surface area contributed by atoms with Gasteiger partial charge in [-0.15, -0.1) is 0 Å². The van der Waals surface area contributed by atoms with Crippen LogP contribution in [0.15, 0.2) is 0 Å². The molecule has 2 nitrogen and oxygen atoms in total. The van der Waals surface area contributed by atoms with Crippen LogP contribution in [0, 0.1) is 11.8 Å². The van der Waals surface area contributed by atoms with Gasteiger partial charge in [-0.05, 0) is 19.0 Å². The number of carbonyl (C=O) groups excluding carboxylic acids is 1. The first-order valence-corrected chi connectivity index (χ1v) is 3.99. The first-order valence-electron chi connectivity index (χ1n) is 3.99. The summed E-state index contributed by atoms with van der Waals surface area (Å²) >= 11 is 0. The molecule has 1 saturated heterocycles. The predicted molar refractivity (Wildman–Crippen MR) is 40.8 cm³/mol. The molecule has 2 heteroatoms. The van der Waals surface area contributed by atoms with E-state index in [-0.39, 0.29) is 5.92 Å². The number of hydrogen-bond donors (Lipinski definition) is 1. The molecule has 0 bridgehead atoms. The Morgan fingerprint density at radius 1 is 1.70 bits per heavy atom. The maximum atomic E-state index is 11.1. The lowest BCUT2D eigenvalue weighted by atomic mass is 9.85. The first-order chi connectivity index (χ1) is 4.75. The van der Waals surface area contributed by atoms with Crippen LogP contribution in [0.1, 0.15) is 20.3 Å². The summed E-state index contributed by atoms with van der Waals surface area (Å²) in [5.74, 6) is 1.31. The normalized spacial score (nSPS) is 21.8. The molecule has 0 saturated carbocycles. The van der Waals surface area contributed by atoms with Crippen LogP contribution in [0.4, 0.5) is 0 Å². The maximum Gasteiger partial charge on any atom is 0.135 e. The fourth-order valence-corrected chi connectivity index (χ4v) is 1.25. The van der Waals surface area contributed by atoms with Gasteiger partial charge in [0.1, 0.15) is 5.78 Å². The maximum absolute atomic E-state index is 11.1. The van der Waals surface area contributed by atoms with E-state index in [1.165, 1.54) is 0 Å². The third-order valence-corrected chi connectivity index (χ3v) is 2.38. The summed E-state index contributed by atoms with van der Waals surface area (Å²) in [7, 11) is 0. The third kappa shape index (κ3) is 1.37. The molecule has 1 unspecified atom stereocenters. The van der Waals surface area contributed by atoms with Crippen LogP contribution in [0.2, 0.25) is 0 Å². The molecule has 1 rings (SSSR count). The van der Waals surface area contributed by atoms with Gasteiger partial charge < -0.3 is 5.32 Å². The van der Waals surface area contributed by atoms with Gasteiger partial charge in [0, 0.05) is 12.3 Å². The van der Waals surface area contributed by atoms with Crippen LogP contribution in [-0.4, -0.2) is 18.9 Å². The van der Waals surface area contributed by atoms with Crippen LogP contribution in [0.3, 0.4) is 0 Å². The molecule has 0 aromatic heterocycles. The van der Waals surface area contributed by atoms with Crippen LogP contribution in [0.25, 0.3) is 0 Å². The summed E-state index contributed by atoms with van der Waals surface area (Å²) in [5.41, 5.74) is 0. The van der Waals surface area contributed by atoms with Crippen molar-refractivity contribution < 1.29 is 4.79 Å². The Hall–Kier alpha value is -0.370. The molecule has 1 fully saturated rings. The average molecular weight is 141 g/mol. The molecule has 0 amide bonds. The standard InChI is InChI=1S/C8H15NO/c1-3-8(10)6(2)7-4-9-5-7/h6-7,9H,3-5H2,1-2H3. The van der Waals surface area contributed by atoms with Gasteiger partial charge in [-0.25, -0.2) is 0 Å². The summed E-state index contributed by atoms with van der Waals surface area (Å²) in [6, 6.07) is 0. The Morgan fingerprint density at radius 2 is 2.30 bits per heavy atom. The molecule has 0 spiro atoms. The molecule has 1 aliphatic heterocycles. The molecule has 0 aromatic carbocycles. The topological polar surface area (TPSA) is 29.1 Å². The Morgan fingerprint density at radius 3 is 2.60 bits per heavy atom. The highest BCUT2D eigenvalue weighted by Gasteiger charge is 2.27. The van der Waals surface area contributed by atoms with E-state index < -0.39 is 0 Å². The Kier molecular flexibility index (Phi) is 2.44. The molecule has 10 heavy (non-hydrogen) atoms. The highest BCUT2D eigenvalue weighted by molar-refractivity contribution is 5.80. The lowest BCUT2D eigenvalue weighted by Gasteiger charge is -2.31. The highest BCUT2D eigenvalue weighted by atomic mass is 16.1. The first kappa shape index (κ1) is 7.73. The van der Waals surface area contributed by atoms with Crippen molar-refractivity contribution in [2.24, 2.45) is 11.8 Å². The van der Waals surface area contributed by atoms with Crippen molar-refractivity contribution in [3.63, 3.8) is 0 Å².